The van der Waals surface area contributed by atoms with E-state index in [4.69, 9.17) is 4.74 Å². The minimum atomic E-state index is -0.241. The molecule has 1 aliphatic heterocycles. The first-order chi connectivity index (χ1) is 17.3. The molecule has 0 unspecified atom stereocenters. The normalized spacial score (nSPS) is 13.1. The second kappa shape index (κ2) is 9.35. The summed E-state index contributed by atoms with van der Waals surface area (Å²) in [5.41, 5.74) is 4.94. The summed E-state index contributed by atoms with van der Waals surface area (Å²) >= 11 is 1.48. The first kappa shape index (κ1) is 23.9. The molecule has 0 atom stereocenters. The number of nitrogens with zero attached hydrogens (tertiary/aromatic N) is 3. The smallest absolute Gasteiger partial charge is 0.265 e. The number of fused-ring (bicyclic) bond motifs is 2. The molecule has 0 spiro atoms. The lowest BCUT2D eigenvalue weighted by Gasteiger charge is -2.29. The summed E-state index contributed by atoms with van der Waals surface area (Å²) in [4.78, 5) is 47.0. The Kier molecular flexibility index (Phi) is 6.22. The number of carbonyl (C=O) groups excluding carboxylic acids is 2. The average molecular weight is 502 g/mol. The van der Waals surface area contributed by atoms with E-state index in [0.29, 0.717) is 33.8 Å². The van der Waals surface area contributed by atoms with Crippen molar-refractivity contribution in [2.45, 2.75) is 40.7 Å². The van der Waals surface area contributed by atoms with E-state index in [2.05, 4.69) is 31.0 Å². The fourth-order valence-electron chi connectivity index (χ4n) is 4.59. The lowest BCUT2D eigenvalue weighted by Crippen LogP contribution is -2.39. The number of carbonyl (C=O) groups is 2. The summed E-state index contributed by atoms with van der Waals surface area (Å²) in [7, 11) is 0. The van der Waals surface area contributed by atoms with Crippen LogP contribution < -0.4 is 15.2 Å². The number of ketones is 1. The Bertz CT molecular complexity index is 1580. The predicted molar refractivity (Wildman–Crippen MR) is 142 cm³/mol. The van der Waals surface area contributed by atoms with Gasteiger partial charge in [0.25, 0.3) is 11.5 Å². The Hall–Kier alpha value is -3.78. The van der Waals surface area contributed by atoms with Gasteiger partial charge in [0.2, 0.25) is 0 Å². The molecule has 184 valence electrons. The number of hydrogen-bond donors (Lipinski definition) is 0. The second-order valence-corrected chi connectivity index (χ2v) is 10.3. The molecule has 7 nitrogen and oxygen atoms in total. The van der Waals surface area contributed by atoms with Crippen LogP contribution in [-0.4, -0.2) is 34.4 Å². The zero-order chi connectivity index (χ0) is 25.6. The van der Waals surface area contributed by atoms with Crippen LogP contribution in [-0.2, 0) is 11.3 Å². The maximum Gasteiger partial charge on any atom is 0.265 e. The molecule has 0 N–H and O–H groups in total. The van der Waals surface area contributed by atoms with Gasteiger partial charge in [-0.2, -0.15) is 0 Å². The Labute approximate surface area is 213 Å². The lowest BCUT2D eigenvalue weighted by atomic mass is 9.99. The van der Waals surface area contributed by atoms with Gasteiger partial charge in [-0.15, -0.1) is 11.3 Å². The molecule has 0 bridgehead atoms. The van der Waals surface area contributed by atoms with Crippen molar-refractivity contribution in [3.63, 3.8) is 0 Å². The van der Waals surface area contributed by atoms with Crippen molar-refractivity contribution in [1.82, 2.24) is 9.55 Å². The SMILES string of the molecule is CCCN1C(=O)COc2ccc(C(=O)Cn3cnc4sc(C)c(-c5ccc(C)c(C)c5)c4c3=O)cc21. The Morgan fingerprint density at radius 1 is 1.08 bits per heavy atom. The maximum atomic E-state index is 13.6. The molecule has 1 amide bonds. The van der Waals surface area contributed by atoms with Gasteiger partial charge in [0.1, 0.15) is 10.6 Å². The zero-order valence-corrected chi connectivity index (χ0v) is 21.6. The summed E-state index contributed by atoms with van der Waals surface area (Å²) in [5, 5.41) is 0.537. The summed E-state index contributed by atoms with van der Waals surface area (Å²) in [6.07, 6.45) is 2.23. The van der Waals surface area contributed by atoms with E-state index in [0.717, 1.165) is 28.0 Å². The van der Waals surface area contributed by atoms with Crippen molar-refractivity contribution in [3.8, 4) is 16.9 Å². The molecular formula is C28H27N3O4S. The molecule has 0 saturated heterocycles. The fraction of sp³-hybridized carbons (Fsp3) is 0.286. The van der Waals surface area contributed by atoms with Gasteiger partial charge in [-0.25, -0.2) is 4.98 Å². The largest absolute Gasteiger partial charge is 0.482 e. The minimum Gasteiger partial charge on any atom is -0.482 e. The highest BCUT2D eigenvalue weighted by atomic mass is 32.1. The van der Waals surface area contributed by atoms with Crippen molar-refractivity contribution < 1.29 is 14.3 Å². The standard InChI is InChI=1S/C28H27N3O4S/c1-5-10-31-21-12-19(8-9-23(21)35-14-24(31)33)22(32)13-30-15-29-27-26(28(30)34)25(18(4)36-27)20-7-6-16(2)17(3)11-20/h6-9,11-12,15H,5,10,13-14H2,1-4H3. The topological polar surface area (TPSA) is 81.5 Å². The summed E-state index contributed by atoms with van der Waals surface area (Å²) in [6.45, 7) is 8.48. The van der Waals surface area contributed by atoms with Gasteiger partial charge in [-0.1, -0.05) is 25.1 Å². The van der Waals surface area contributed by atoms with Gasteiger partial charge in [-0.05, 0) is 62.1 Å². The van der Waals surface area contributed by atoms with Gasteiger partial charge < -0.3 is 9.64 Å². The van der Waals surface area contributed by atoms with E-state index in [1.807, 2.05) is 19.9 Å². The van der Waals surface area contributed by atoms with E-state index in [1.165, 1.54) is 27.8 Å². The van der Waals surface area contributed by atoms with Gasteiger partial charge >= 0.3 is 0 Å². The number of aromatic nitrogens is 2. The van der Waals surface area contributed by atoms with Crippen molar-refractivity contribution >= 4 is 38.9 Å². The van der Waals surface area contributed by atoms with Crippen LogP contribution in [0.2, 0.25) is 0 Å². The van der Waals surface area contributed by atoms with E-state index >= 15 is 0 Å². The third-order valence-electron chi connectivity index (χ3n) is 6.64. The van der Waals surface area contributed by atoms with Crippen LogP contribution >= 0.6 is 11.3 Å². The summed E-state index contributed by atoms with van der Waals surface area (Å²) in [5.74, 6) is 0.202. The molecule has 4 aromatic rings. The molecule has 2 aromatic carbocycles. The molecular weight excluding hydrogens is 474 g/mol. The Morgan fingerprint density at radius 2 is 1.89 bits per heavy atom. The molecule has 0 saturated carbocycles. The average Bonchev–Trinajstić information content (AvgIpc) is 3.20. The van der Waals surface area contributed by atoms with Crippen LogP contribution in [0, 0.1) is 20.8 Å². The number of ether oxygens (including phenoxy) is 1. The number of Topliss-reactive ketones (excluding diaryl/α,β-unsaturated/α-hetero) is 1. The zero-order valence-electron chi connectivity index (χ0n) is 20.8. The summed E-state index contributed by atoms with van der Waals surface area (Å²) < 4.78 is 6.91. The maximum absolute atomic E-state index is 13.6. The number of thiophene rings is 1. The van der Waals surface area contributed by atoms with E-state index in [9.17, 15) is 14.4 Å². The molecule has 1 aliphatic rings. The number of amides is 1. The molecule has 0 fully saturated rings. The third-order valence-corrected chi connectivity index (χ3v) is 7.65. The van der Waals surface area contributed by atoms with Gasteiger partial charge in [0, 0.05) is 22.5 Å². The molecule has 0 radical (unpaired) electrons. The van der Waals surface area contributed by atoms with Gasteiger partial charge in [0.15, 0.2) is 12.4 Å². The van der Waals surface area contributed by atoms with Gasteiger partial charge in [-0.3, -0.25) is 19.0 Å². The van der Waals surface area contributed by atoms with Crippen LogP contribution in [0.1, 0.15) is 39.7 Å². The van der Waals surface area contributed by atoms with Crippen LogP contribution in [0.4, 0.5) is 5.69 Å². The first-order valence-corrected chi connectivity index (χ1v) is 12.8. The quantitative estimate of drug-likeness (QED) is 0.345. The van der Waals surface area contributed by atoms with E-state index in [1.54, 1.807) is 23.1 Å². The molecule has 36 heavy (non-hydrogen) atoms. The van der Waals surface area contributed by atoms with Crippen molar-refractivity contribution in [3.05, 3.63) is 74.6 Å². The second-order valence-electron chi connectivity index (χ2n) is 9.13. The summed E-state index contributed by atoms with van der Waals surface area (Å²) in [6, 6.07) is 11.2. The fourth-order valence-corrected chi connectivity index (χ4v) is 5.59. The van der Waals surface area contributed by atoms with Crippen molar-refractivity contribution in [2.24, 2.45) is 0 Å². The van der Waals surface area contributed by atoms with Crippen LogP contribution in [0.3, 0.4) is 0 Å². The third kappa shape index (κ3) is 4.11. The Balaban J connectivity index is 1.52. The van der Waals surface area contributed by atoms with Crippen LogP contribution in [0.15, 0.2) is 47.5 Å². The van der Waals surface area contributed by atoms with Crippen molar-refractivity contribution in [1.29, 1.82) is 0 Å². The van der Waals surface area contributed by atoms with Crippen molar-refractivity contribution in [2.75, 3.05) is 18.1 Å². The number of anilines is 1. The van der Waals surface area contributed by atoms with Crippen LogP contribution in [0.5, 0.6) is 5.75 Å². The van der Waals surface area contributed by atoms with Crippen LogP contribution in [0.25, 0.3) is 21.3 Å². The molecule has 0 aliphatic carbocycles. The Morgan fingerprint density at radius 3 is 2.64 bits per heavy atom. The molecule has 8 heteroatoms. The minimum absolute atomic E-state index is 0.00965. The number of aryl methyl sites for hydroxylation is 3. The number of hydrogen-bond acceptors (Lipinski definition) is 6. The lowest BCUT2D eigenvalue weighted by molar-refractivity contribution is -0.121. The molecule has 2 aromatic heterocycles. The van der Waals surface area contributed by atoms with E-state index < -0.39 is 0 Å². The monoisotopic (exact) mass is 501 g/mol. The highest BCUT2D eigenvalue weighted by molar-refractivity contribution is 7.19. The molecule has 3 heterocycles. The van der Waals surface area contributed by atoms with E-state index in [-0.39, 0.29) is 30.4 Å². The number of benzene rings is 2. The number of rotatable bonds is 6. The highest BCUT2D eigenvalue weighted by Crippen LogP contribution is 2.36. The first-order valence-electron chi connectivity index (χ1n) is 11.9. The highest BCUT2D eigenvalue weighted by Gasteiger charge is 2.26. The van der Waals surface area contributed by atoms with Gasteiger partial charge in [0.05, 0.1) is 23.9 Å². The predicted octanol–water partition coefficient (Wildman–Crippen LogP) is 5.07. The molecule has 5 rings (SSSR count).